The highest BCUT2D eigenvalue weighted by atomic mass is 32.2. The second kappa shape index (κ2) is 11.7. The Morgan fingerprint density at radius 2 is 1.86 bits per heavy atom. The fraction of sp³-hybridized carbons (Fsp3) is 0.308. The van der Waals surface area contributed by atoms with E-state index in [2.05, 4.69) is 17.0 Å². The molecule has 2 aromatic carbocycles. The van der Waals surface area contributed by atoms with Crippen LogP contribution in [-0.2, 0) is 4.79 Å². The Balaban J connectivity index is 1.35. The molecule has 2 heterocycles. The number of nitrogens with one attached hydrogen (secondary N) is 1. The van der Waals surface area contributed by atoms with Gasteiger partial charge in [-0.3, -0.25) is 10.2 Å². The van der Waals surface area contributed by atoms with Crippen molar-refractivity contribution in [2.75, 3.05) is 20.3 Å². The van der Waals surface area contributed by atoms with Gasteiger partial charge in [-0.25, -0.2) is 0 Å². The number of methoxy groups -OCH3 is 1. The Labute approximate surface area is 209 Å². The number of rotatable bonds is 11. The number of ether oxygens (including phenoxy) is 3. The van der Waals surface area contributed by atoms with Crippen LogP contribution in [0, 0.1) is 5.41 Å². The maximum Gasteiger partial charge on any atom is 0.283 e. The fourth-order valence-corrected chi connectivity index (χ4v) is 4.42. The number of thioether (sulfide) groups is 1. The molecule has 0 fully saturated rings. The molecule has 8 nitrogen and oxygen atoms in total. The lowest BCUT2D eigenvalue weighted by atomic mass is 10.1. The van der Waals surface area contributed by atoms with E-state index in [1.165, 1.54) is 16.8 Å². The Bertz CT molecular complexity index is 1190. The minimum atomic E-state index is -0.430. The molecular weight excluding hydrogens is 464 g/mol. The van der Waals surface area contributed by atoms with Crippen LogP contribution in [-0.4, -0.2) is 47.3 Å². The predicted octanol–water partition coefficient (Wildman–Crippen LogP) is 5.35. The van der Waals surface area contributed by atoms with E-state index in [0.29, 0.717) is 42.1 Å². The Hall–Kier alpha value is -3.59. The molecular formula is C26H28N4O4S. The summed E-state index contributed by atoms with van der Waals surface area (Å²) in [6.45, 7) is 3.08. The summed E-state index contributed by atoms with van der Waals surface area (Å²) in [5.41, 5.74) is 0.957. The number of carbonyl (C=O) groups excluding carboxylic acids is 1. The third kappa shape index (κ3) is 6.10. The molecule has 35 heavy (non-hydrogen) atoms. The molecule has 0 saturated carbocycles. The molecule has 182 valence electrons. The van der Waals surface area contributed by atoms with Crippen LogP contribution >= 0.6 is 11.8 Å². The summed E-state index contributed by atoms with van der Waals surface area (Å²) in [6, 6.07) is 14.9. The topological polar surface area (TPSA) is 96.6 Å². The molecule has 0 aliphatic carbocycles. The zero-order chi connectivity index (χ0) is 24.6. The van der Waals surface area contributed by atoms with Crippen molar-refractivity contribution in [2.24, 2.45) is 10.1 Å². The number of benzene rings is 2. The maximum atomic E-state index is 12.6. The lowest BCUT2D eigenvalue weighted by Gasteiger charge is -2.20. The monoisotopic (exact) mass is 492 g/mol. The van der Waals surface area contributed by atoms with Gasteiger partial charge >= 0.3 is 0 Å². The average Bonchev–Trinajstić information content (AvgIpc) is 3.28. The van der Waals surface area contributed by atoms with E-state index in [-0.39, 0.29) is 11.4 Å². The zero-order valence-electron chi connectivity index (χ0n) is 19.8. The van der Waals surface area contributed by atoms with Gasteiger partial charge in [0.25, 0.3) is 5.91 Å². The van der Waals surface area contributed by atoms with Crippen LogP contribution in [0.1, 0.15) is 38.2 Å². The molecule has 0 atom stereocenters. The van der Waals surface area contributed by atoms with Crippen molar-refractivity contribution in [1.82, 2.24) is 5.01 Å². The molecule has 0 saturated heterocycles. The lowest BCUT2D eigenvalue weighted by Crippen LogP contribution is -2.35. The van der Waals surface area contributed by atoms with Crippen molar-refractivity contribution in [3.05, 3.63) is 59.7 Å². The number of fused-ring (bicyclic) bond motifs is 1. The van der Waals surface area contributed by atoms with Gasteiger partial charge in [0.05, 0.1) is 25.9 Å². The number of amidine groups is 2. The summed E-state index contributed by atoms with van der Waals surface area (Å²) in [5.74, 6) is 1.68. The third-order valence-corrected chi connectivity index (χ3v) is 6.26. The first-order chi connectivity index (χ1) is 17.1. The molecule has 1 N–H and O–H groups in total. The molecule has 0 spiro atoms. The number of para-hydroxylation sites is 2. The standard InChI is InChI=1S/C26H28N4O4S/c1-3-4-13-23-29-30-24(27)20(25(31)28-26(30)35-23)17-18-9-7-10-19(16-18)33-14-8-15-34-22-12-6-5-11-21(22)32-2/h5-7,9-12,16-17,27H,3-4,8,13-15H2,1-2H3. The van der Waals surface area contributed by atoms with E-state index in [4.69, 9.17) is 19.6 Å². The van der Waals surface area contributed by atoms with E-state index in [0.717, 1.165) is 29.9 Å². The van der Waals surface area contributed by atoms with Gasteiger partial charge in [-0.15, -0.1) is 0 Å². The molecule has 2 aliphatic rings. The Morgan fingerprint density at radius 1 is 1.06 bits per heavy atom. The molecule has 0 unspecified atom stereocenters. The van der Waals surface area contributed by atoms with Crippen molar-refractivity contribution >= 4 is 39.8 Å². The number of amides is 1. The van der Waals surface area contributed by atoms with Crippen molar-refractivity contribution in [2.45, 2.75) is 32.6 Å². The molecule has 2 aromatic rings. The molecule has 0 bridgehead atoms. The van der Waals surface area contributed by atoms with Crippen molar-refractivity contribution in [3.8, 4) is 17.2 Å². The summed E-state index contributed by atoms with van der Waals surface area (Å²) >= 11 is 1.37. The van der Waals surface area contributed by atoms with Crippen LogP contribution in [0.2, 0.25) is 0 Å². The van der Waals surface area contributed by atoms with Gasteiger partial charge < -0.3 is 14.2 Å². The normalized spacial score (nSPS) is 16.2. The van der Waals surface area contributed by atoms with Crippen LogP contribution in [0.5, 0.6) is 17.2 Å². The Morgan fingerprint density at radius 3 is 2.66 bits per heavy atom. The maximum absolute atomic E-state index is 12.6. The number of aliphatic imine (C=N–C) groups is 1. The highest BCUT2D eigenvalue weighted by molar-refractivity contribution is 8.26. The van der Waals surface area contributed by atoms with Gasteiger partial charge in [-0.2, -0.15) is 15.1 Å². The summed E-state index contributed by atoms with van der Waals surface area (Å²) < 4.78 is 16.9. The highest BCUT2D eigenvalue weighted by Gasteiger charge is 2.35. The first-order valence-corrected chi connectivity index (χ1v) is 12.4. The number of carbonyl (C=O) groups is 1. The van der Waals surface area contributed by atoms with Gasteiger partial charge in [0, 0.05) is 6.42 Å². The minimum absolute atomic E-state index is 0.0406. The smallest absolute Gasteiger partial charge is 0.283 e. The van der Waals surface area contributed by atoms with E-state index in [1.807, 2.05) is 48.5 Å². The fourth-order valence-electron chi connectivity index (χ4n) is 3.49. The molecule has 1 amide bonds. The second-order valence-corrected chi connectivity index (χ2v) is 8.93. The van der Waals surface area contributed by atoms with Gasteiger partial charge in [0.15, 0.2) is 17.3 Å². The number of hydrazone groups is 1. The van der Waals surface area contributed by atoms with Gasteiger partial charge in [0.1, 0.15) is 10.8 Å². The van der Waals surface area contributed by atoms with Crippen LogP contribution in [0.3, 0.4) is 0 Å². The summed E-state index contributed by atoms with van der Waals surface area (Å²) in [7, 11) is 1.61. The van der Waals surface area contributed by atoms with Gasteiger partial charge in [-0.05, 0) is 60.5 Å². The minimum Gasteiger partial charge on any atom is -0.493 e. The number of hydrogen-bond acceptors (Lipinski definition) is 7. The highest BCUT2D eigenvalue weighted by Crippen LogP contribution is 2.30. The third-order valence-electron chi connectivity index (χ3n) is 5.29. The van der Waals surface area contributed by atoms with E-state index < -0.39 is 5.91 Å². The van der Waals surface area contributed by atoms with Gasteiger partial charge in [-0.1, -0.05) is 37.6 Å². The van der Waals surface area contributed by atoms with E-state index >= 15 is 0 Å². The lowest BCUT2D eigenvalue weighted by molar-refractivity contribution is -0.114. The molecule has 0 aromatic heterocycles. The van der Waals surface area contributed by atoms with Crippen molar-refractivity contribution < 1.29 is 19.0 Å². The van der Waals surface area contributed by atoms with Crippen LogP contribution in [0.4, 0.5) is 0 Å². The first-order valence-electron chi connectivity index (χ1n) is 11.6. The predicted molar refractivity (Wildman–Crippen MR) is 140 cm³/mol. The average molecular weight is 493 g/mol. The Kier molecular flexibility index (Phi) is 8.20. The molecule has 9 heteroatoms. The molecule has 4 rings (SSSR count). The molecule has 0 radical (unpaired) electrons. The van der Waals surface area contributed by atoms with Crippen molar-refractivity contribution in [3.63, 3.8) is 0 Å². The first kappa shape index (κ1) is 24.5. The van der Waals surface area contributed by atoms with Crippen LogP contribution < -0.4 is 14.2 Å². The van der Waals surface area contributed by atoms with Gasteiger partial charge in [0.2, 0.25) is 5.17 Å². The number of hydrogen-bond donors (Lipinski definition) is 1. The van der Waals surface area contributed by atoms with Crippen molar-refractivity contribution in [1.29, 1.82) is 5.41 Å². The summed E-state index contributed by atoms with van der Waals surface area (Å²) in [4.78, 5) is 16.8. The zero-order valence-corrected chi connectivity index (χ0v) is 20.6. The van der Waals surface area contributed by atoms with Crippen LogP contribution in [0.15, 0.2) is 64.2 Å². The van der Waals surface area contributed by atoms with E-state index in [9.17, 15) is 4.79 Å². The largest absolute Gasteiger partial charge is 0.493 e. The SMILES string of the molecule is CCCCC1=NN2C(=N)C(=Cc3cccc(OCCCOc4ccccc4OC)c3)C(=O)N=C2S1. The summed E-state index contributed by atoms with van der Waals surface area (Å²) in [6.07, 6.45) is 5.24. The number of unbranched alkanes of at least 4 members (excludes halogenated alkanes) is 1. The quantitative estimate of drug-likeness (QED) is 0.335. The number of nitrogens with zero attached hydrogens (tertiary/aromatic N) is 3. The molecule has 2 aliphatic heterocycles. The van der Waals surface area contributed by atoms with E-state index in [1.54, 1.807) is 13.2 Å². The van der Waals surface area contributed by atoms with Crippen LogP contribution in [0.25, 0.3) is 6.08 Å². The summed E-state index contributed by atoms with van der Waals surface area (Å²) in [5, 5.41) is 15.8. The second-order valence-electron chi connectivity index (χ2n) is 7.89.